The average Bonchev–Trinajstić information content (AvgIpc) is 2.88. The summed E-state index contributed by atoms with van der Waals surface area (Å²) in [4.78, 5) is 19.7. The van der Waals surface area contributed by atoms with E-state index in [9.17, 15) is 0 Å². The summed E-state index contributed by atoms with van der Waals surface area (Å²) >= 11 is 0. The molecule has 0 unspecified atom stereocenters. The predicted molar refractivity (Wildman–Crippen MR) is 73.1 cm³/mol. The summed E-state index contributed by atoms with van der Waals surface area (Å²) < 4.78 is 0. The van der Waals surface area contributed by atoms with Crippen molar-refractivity contribution in [1.29, 1.82) is 0 Å². The molecule has 1 aliphatic heterocycles. The first kappa shape index (κ1) is 12.0. The molecule has 1 aliphatic rings. The van der Waals surface area contributed by atoms with Crippen molar-refractivity contribution in [2.75, 3.05) is 18.0 Å². The van der Waals surface area contributed by atoms with Crippen LogP contribution in [-0.2, 0) is 0 Å². The first-order valence-electron chi connectivity index (χ1n) is 6.55. The molecule has 0 aliphatic carbocycles. The fourth-order valence-electron chi connectivity index (χ4n) is 2.46. The highest BCUT2D eigenvalue weighted by molar-refractivity contribution is 5.40. The Balaban J connectivity index is 1.77. The van der Waals surface area contributed by atoms with E-state index in [4.69, 9.17) is 0 Å². The third kappa shape index (κ3) is 2.54. The number of anilines is 1. The van der Waals surface area contributed by atoms with E-state index < -0.39 is 0 Å². The van der Waals surface area contributed by atoms with Crippen molar-refractivity contribution >= 4 is 5.82 Å². The van der Waals surface area contributed by atoms with E-state index >= 15 is 0 Å². The molecule has 3 rings (SSSR count). The summed E-state index contributed by atoms with van der Waals surface area (Å²) in [7, 11) is 0. The van der Waals surface area contributed by atoms with Crippen LogP contribution in [0.25, 0.3) is 0 Å². The van der Waals surface area contributed by atoms with Crippen LogP contribution in [-0.4, -0.2) is 33.0 Å². The molecule has 1 saturated heterocycles. The van der Waals surface area contributed by atoms with Gasteiger partial charge in [0.15, 0.2) is 0 Å². The van der Waals surface area contributed by atoms with Crippen molar-refractivity contribution in [2.24, 2.45) is 0 Å². The predicted octanol–water partition coefficient (Wildman–Crippen LogP) is 1.88. The maximum Gasteiger partial charge on any atom is 0.133 e. The van der Waals surface area contributed by atoms with Gasteiger partial charge in [0, 0.05) is 42.7 Å². The van der Waals surface area contributed by atoms with Gasteiger partial charge in [-0.25, -0.2) is 19.9 Å². The van der Waals surface area contributed by atoms with Crippen molar-refractivity contribution < 1.29 is 0 Å². The van der Waals surface area contributed by atoms with Gasteiger partial charge in [0.1, 0.15) is 18.0 Å². The van der Waals surface area contributed by atoms with Crippen LogP contribution in [0.15, 0.2) is 24.7 Å². The molecule has 0 amide bonds. The lowest BCUT2D eigenvalue weighted by Gasteiger charge is -2.17. The van der Waals surface area contributed by atoms with Gasteiger partial charge in [0.25, 0.3) is 0 Å². The van der Waals surface area contributed by atoms with Gasteiger partial charge in [-0.3, -0.25) is 0 Å². The van der Waals surface area contributed by atoms with E-state index in [1.54, 1.807) is 6.33 Å². The molecule has 1 fully saturated rings. The lowest BCUT2D eigenvalue weighted by atomic mass is 10.1. The molecule has 1 atom stereocenters. The normalized spacial score (nSPS) is 18.8. The van der Waals surface area contributed by atoms with Crippen LogP contribution in [0.2, 0.25) is 0 Å². The largest absolute Gasteiger partial charge is 0.356 e. The Morgan fingerprint density at radius 2 is 2.05 bits per heavy atom. The zero-order valence-corrected chi connectivity index (χ0v) is 11.2. The summed E-state index contributed by atoms with van der Waals surface area (Å²) in [5, 5.41) is 0. The van der Waals surface area contributed by atoms with Crippen LogP contribution in [0.5, 0.6) is 0 Å². The second-order valence-electron chi connectivity index (χ2n) is 5.01. The number of hydrogen-bond acceptors (Lipinski definition) is 5. The van der Waals surface area contributed by atoms with Crippen molar-refractivity contribution in [2.45, 2.75) is 26.2 Å². The van der Waals surface area contributed by atoms with E-state index in [-0.39, 0.29) is 0 Å². The fourth-order valence-corrected chi connectivity index (χ4v) is 2.46. The van der Waals surface area contributed by atoms with Gasteiger partial charge in [-0.15, -0.1) is 0 Å². The van der Waals surface area contributed by atoms with Gasteiger partial charge < -0.3 is 4.90 Å². The second-order valence-corrected chi connectivity index (χ2v) is 5.01. The summed E-state index contributed by atoms with van der Waals surface area (Å²) in [5.41, 5.74) is 2.03. The molecule has 3 heterocycles. The minimum Gasteiger partial charge on any atom is -0.356 e. The Bertz CT molecular complexity index is 532. The number of aryl methyl sites for hydroxylation is 2. The number of hydrogen-bond donors (Lipinski definition) is 0. The maximum atomic E-state index is 4.53. The smallest absolute Gasteiger partial charge is 0.133 e. The van der Waals surface area contributed by atoms with Gasteiger partial charge in [-0.2, -0.15) is 0 Å². The van der Waals surface area contributed by atoms with Crippen LogP contribution >= 0.6 is 0 Å². The quantitative estimate of drug-likeness (QED) is 0.820. The monoisotopic (exact) mass is 255 g/mol. The Morgan fingerprint density at radius 1 is 1.16 bits per heavy atom. The molecular weight excluding hydrogens is 238 g/mol. The molecule has 0 spiro atoms. The van der Waals surface area contributed by atoms with Gasteiger partial charge >= 0.3 is 0 Å². The molecule has 5 nitrogen and oxygen atoms in total. The highest BCUT2D eigenvalue weighted by Crippen LogP contribution is 2.27. The third-order valence-corrected chi connectivity index (χ3v) is 3.48. The first-order chi connectivity index (χ1) is 9.22. The van der Waals surface area contributed by atoms with E-state index in [0.29, 0.717) is 5.92 Å². The summed E-state index contributed by atoms with van der Waals surface area (Å²) in [6.07, 6.45) is 4.54. The minimum atomic E-state index is 0.398. The van der Waals surface area contributed by atoms with Crippen molar-refractivity contribution in [3.63, 3.8) is 0 Å². The van der Waals surface area contributed by atoms with E-state index in [1.807, 2.05) is 32.2 Å². The molecule has 2 aromatic rings. The van der Waals surface area contributed by atoms with E-state index in [0.717, 1.165) is 42.5 Å². The number of rotatable bonds is 2. The highest BCUT2D eigenvalue weighted by atomic mass is 15.2. The number of aromatic nitrogens is 4. The maximum absolute atomic E-state index is 4.53. The Morgan fingerprint density at radius 3 is 2.84 bits per heavy atom. The summed E-state index contributed by atoms with van der Waals surface area (Å²) in [5.74, 6) is 2.35. The SMILES string of the molecule is Cc1cc(N2CC[C@H](c3nccc(C)n3)C2)ncn1. The zero-order valence-electron chi connectivity index (χ0n) is 11.2. The van der Waals surface area contributed by atoms with Crippen molar-refractivity contribution in [1.82, 2.24) is 19.9 Å². The molecule has 2 aromatic heterocycles. The van der Waals surface area contributed by atoms with Gasteiger partial charge in [-0.1, -0.05) is 0 Å². The topological polar surface area (TPSA) is 54.8 Å². The Hall–Kier alpha value is -2.04. The van der Waals surface area contributed by atoms with Crippen LogP contribution in [0.3, 0.4) is 0 Å². The fraction of sp³-hybridized carbons (Fsp3) is 0.429. The molecule has 98 valence electrons. The summed E-state index contributed by atoms with van der Waals surface area (Å²) in [6, 6.07) is 3.96. The summed E-state index contributed by atoms with van der Waals surface area (Å²) in [6.45, 7) is 5.92. The lowest BCUT2D eigenvalue weighted by molar-refractivity contribution is 0.703. The standard InChI is InChI=1S/C14H17N5/c1-10-3-5-15-14(18-10)12-4-6-19(8-12)13-7-11(2)16-9-17-13/h3,5,7,9,12H,4,6,8H2,1-2H3/t12-/m0/s1. The van der Waals surface area contributed by atoms with Crippen molar-refractivity contribution in [3.8, 4) is 0 Å². The molecule has 0 aromatic carbocycles. The minimum absolute atomic E-state index is 0.398. The number of nitrogens with zero attached hydrogens (tertiary/aromatic N) is 5. The van der Waals surface area contributed by atoms with Crippen LogP contribution < -0.4 is 4.90 Å². The molecule has 0 radical (unpaired) electrons. The molecule has 5 heteroatoms. The van der Waals surface area contributed by atoms with Gasteiger partial charge in [0.05, 0.1) is 0 Å². The Kier molecular flexibility index (Phi) is 3.11. The average molecular weight is 255 g/mol. The molecular formula is C14H17N5. The van der Waals surface area contributed by atoms with E-state index in [2.05, 4.69) is 24.8 Å². The van der Waals surface area contributed by atoms with Crippen LogP contribution in [0.1, 0.15) is 29.6 Å². The zero-order chi connectivity index (χ0) is 13.2. The van der Waals surface area contributed by atoms with Crippen molar-refractivity contribution in [3.05, 3.63) is 41.9 Å². The van der Waals surface area contributed by atoms with Gasteiger partial charge in [0.2, 0.25) is 0 Å². The third-order valence-electron chi connectivity index (χ3n) is 3.48. The lowest BCUT2D eigenvalue weighted by Crippen LogP contribution is -2.21. The van der Waals surface area contributed by atoms with Crippen LogP contribution in [0, 0.1) is 13.8 Å². The first-order valence-corrected chi connectivity index (χ1v) is 6.55. The highest BCUT2D eigenvalue weighted by Gasteiger charge is 2.26. The molecule has 0 saturated carbocycles. The molecule has 19 heavy (non-hydrogen) atoms. The second kappa shape index (κ2) is 4.91. The van der Waals surface area contributed by atoms with Crippen LogP contribution in [0.4, 0.5) is 5.82 Å². The molecule has 0 bridgehead atoms. The Labute approximate surface area is 112 Å². The van der Waals surface area contributed by atoms with E-state index in [1.165, 1.54) is 0 Å². The molecule has 0 N–H and O–H groups in total. The van der Waals surface area contributed by atoms with Gasteiger partial charge in [-0.05, 0) is 26.3 Å².